The molecule has 0 fully saturated rings. The van der Waals surface area contributed by atoms with Gasteiger partial charge in [0.25, 0.3) is 0 Å². The highest BCUT2D eigenvalue weighted by molar-refractivity contribution is 6.30. The van der Waals surface area contributed by atoms with Crippen LogP contribution in [0.5, 0.6) is 0 Å². The molecule has 0 aliphatic heterocycles. The summed E-state index contributed by atoms with van der Waals surface area (Å²) >= 11 is 6.03. The Bertz CT molecular complexity index is 386. The van der Waals surface area contributed by atoms with E-state index in [2.05, 4.69) is 11.4 Å². The number of alkyl halides is 1. The van der Waals surface area contributed by atoms with E-state index in [9.17, 15) is 4.79 Å². The molecule has 17 heavy (non-hydrogen) atoms. The van der Waals surface area contributed by atoms with Crippen molar-refractivity contribution in [2.75, 3.05) is 6.54 Å². The zero-order valence-electron chi connectivity index (χ0n) is 9.53. The van der Waals surface area contributed by atoms with E-state index >= 15 is 0 Å². The fourth-order valence-corrected chi connectivity index (χ4v) is 1.63. The molecule has 0 aliphatic rings. The van der Waals surface area contributed by atoms with Gasteiger partial charge in [-0.25, -0.2) is 0 Å². The van der Waals surface area contributed by atoms with Crippen LogP contribution in [0.25, 0.3) is 0 Å². The molecule has 1 rings (SSSR count). The Balaban J connectivity index is 2.31. The second kappa shape index (κ2) is 7.70. The number of nitrogens with one attached hydrogen (secondary N) is 1. The number of benzene rings is 1. The van der Waals surface area contributed by atoms with E-state index < -0.39 is 5.38 Å². The molecular weight excluding hydrogens is 236 g/mol. The highest BCUT2D eigenvalue weighted by atomic mass is 35.5. The molecule has 0 aliphatic carbocycles. The Morgan fingerprint density at radius 1 is 1.35 bits per heavy atom. The maximum atomic E-state index is 11.7. The Labute approximate surface area is 106 Å². The quantitative estimate of drug-likeness (QED) is 0.624. The molecule has 3 nitrogen and oxygen atoms in total. The zero-order chi connectivity index (χ0) is 12.5. The van der Waals surface area contributed by atoms with E-state index in [4.69, 9.17) is 16.9 Å². The zero-order valence-corrected chi connectivity index (χ0v) is 10.3. The van der Waals surface area contributed by atoms with Crippen molar-refractivity contribution in [2.45, 2.75) is 24.6 Å². The molecule has 0 heterocycles. The number of nitrogens with zero attached hydrogens (tertiary/aromatic N) is 1. The molecule has 90 valence electrons. The number of carbonyl (C=O) groups excluding carboxylic acids is 1. The van der Waals surface area contributed by atoms with Gasteiger partial charge in [0.2, 0.25) is 5.91 Å². The van der Waals surface area contributed by atoms with Gasteiger partial charge in [0.05, 0.1) is 6.07 Å². The summed E-state index contributed by atoms with van der Waals surface area (Å²) in [6.45, 7) is 0.566. The predicted molar refractivity (Wildman–Crippen MR) is 67.5 cm³/mol. The summed E-state index contributed by atoms with van der Waals surface area (Å²) in [7, 11) is 0. The van der Waals surface area contributed by atoms with E-state index in [0.717, 1.165) is 18.4 Å². The first-order valence-corrected chi connectivity index (χ1v) is 6.03. The predicted octanol–water partition coefficient (Wildman–Crippen LogP) is 2.78. The fourth-order valence-electron chi connectivity index (χ4n) is 1.40. The largest absolute Gasteiger partial charge is 0.355 e. The molecule has 4 heteroatoms. The molecule has 0 spiro atoms. The van der Waals surface area contributed by atoms with Crippen LogP contribution in [-0.2, 0) is 4.79 Å². The van der Waals surface area contributed by atoms with Gasteiger partial charge in [0.15, 0.2) is 0 Å². The lowest BCUT2D eigenvalue weighted by atomic mass is 10.1. The summed E-state index contributed by atoms with van der Waals surface area (Å²) in [5.41, 5.74) is 0.795. The highest BCUT2D eigenvalue weighted by Crippen LogP contribution is 2.19. The molecule has 1 unspecified atom stereocenters. The fraction of sp³-hybridized carbons (Fsp3) is 0.385. The van der Waals surface area contributed by atoms with E-state index in [1.165, 1.54) is 0 Å². The average molecular weight is 251 g/mol. The third-order valence-corrected chi connectivity index (χ3v) is 2.79. The van der Waals surface area contributed by atoms with Crippen molar-refractivity contribution in [1.82, 2.24) is 5.32 Å². The van der Waals surface area contributed by atoms with Crippen molar-refractivity contribution in [3.05, 3.63) is 35.9 Å². The van der Waals surface area contributed by atoms with Crippen molar-refractivity contribution >= 4 is 17.5 Å². The number of halogens is 1. The minimum Gasteiger partial charge on any atom is -0.355 e. The third-order valence-electron chi connectivity index (χ3n) is 2.34. The van der Waals surface area contributed by atoms with E-state index in [1.807, 2.05) is 30.3 Å². The summed E-state index contributed by atoms with van der Waals surface area (Å²) in [5.74, 6) is -0.185. The van der Waals surface area contributed by atoms with Gasteiger partial charge in [-0.3, -0.25) is 4.79 Å². The van der Waals surface area contributed by atoms with Gasteiger partial charge in [0, 0.05) is 13.0 Å². The monoisotopic (exact) mass is 250 g/mol. The van der Waals surface area contributed by atoms with Crippen LogP contribution >= 0.6 is 11.6 Å². The lowest BCUT2D eigenvalue weighted by Crippen LogP contribution is -2.27. The van der Waals surface area contributed by atoms with Crippen LogP contribution < -0.4 is 5.32 Å². The number of rotatable bonds is 6. The van der Waals surface area contributed by atoms with Gasteiger partial charge in [-0.15, -0.1) is 11.6 Å². The van der Waals surface area contributed by atoms with E-state index in [-0.39, 0.29) is 5.91 Å². The van der Waals surface area contributed by atoms with Crippen LogP contribution in [0.15, 0.2) is 30.3 Å². The number of hydrogen-bond acceptors (Lipinski definition) is 2. The lowest BCUT2D eigenvalue weighted by molar-refractivity contribution is -0.120. The first-order chi connectivity index (χ1) is 8.25. The maximum absolute atomic E-state index is 11.7. The Hall–Kier alpha value is -1.53. The molecule has 0 saturated heterocycles. The summed E-state index contributed by atoms with van der Waals surface area (Å²) in [6, 6.07) is 11.3. The summed E-state index contributed by atoms with van der Waals surface area (Å²) < 4.78 is 0. The Morgan fingerprint density at radius 2 is 2.06 bits per heavy atom. The van der Waals surface area contributed by atoms with Gasteiger partial charge in [-0.2, -0.15) is 5.26 Å². The first-order valence-electron chi connectivity index (χ1n) is 5.59. The van der Waals surface area contributed by atoms with Crippen molar-refractivity contribution in [2.24, 2.45) is 0 Å². The highest BCUT2D eigenvalue weighted by Gasteiger charge is 2.16. The summed E-state index contributed by atoms with van der Waals surface area (Å²) in [5, 5.41) is 10.5. The number of amides is 1. The lowest BCUT2D eigenvalue weighted by Gasteiger charge is -2.10. The molecule has 0 bridgehead atoms. The first kappa shape index (κ1) is 13.5. The molecule has 0 aromatic heterocycles. The maximum Gasteiger partial charge on any atom is 0.242 e. The number of unbranched alkanes of at least 4 members (excludes halogenated alkanes) is 2. The molecule has 0 saturated carbocycles. The second-order valence-corrected chi connectivity index (χ2v) is 4.12. The second-order valence-electron chi connectivity index (χ2n) is 3.68. The molecule has 1 N–H and O–H groups in total. The van der Waals surface area contributed by atoms with Crippen LogP contribution in [-0.4, -0.2) is 12.5 Å². The molecule has 1 amide bonds. The molecular formula is C13H15ClN2O. The van der Waals surface area contributed by atoms with Gasteiger partial charge in [-0.05, 0) is 18.4 Å². The molecule has 0 radical (unpaired) electrons. The number of nitriles is 1. The number of carbonyl (C=O) groups is 1. The minimum absolute atomic E-state index is 0.185. The molecule has 1 aromatic carbocycles. The molecule has 1 aromatic rings. The topological polar surface area (TPSA) is 52.9 Å². The van der Waals surface area contributed by atoms with Crippen LogP contribution in [0.1, 0.15) is 30.2 Å². The SMILES string of the molecule is N#CCCCCNC(=O)C(Cl)c1ccccc1. The van der Waals surface area contributed by atoms with Crippen molar-refractivity contribution in [3.63, 3.8) is 0 Å². The Morgan fingerprint density at radius 3 is 2.71 bits per heavy atom. The smallest absolute Gasteiger partial charge is 0.242 e. The van der Waals surface area contributed by atoms with Gasteiger partial charge in [-0.1, -0.05) is 30.3 Å². The third kappa shape index (κ3) is 4.88. The van der Waals surface area contributed by atoms with Crippen LogP contribution in [0.3, 0.4) is 0 Å². The van der Waals surface area contributed by atoms with Crippen LogP contribution in [0, 0.1) is 11.3 Å². The van der Waals surface area contributed by atoms with Crippen molar-refractivity contribution in [3.8, 4) is 6.07 Å². The Kier molecular flexibility index (Phi) is 6.13. The number of hydrogen-bond donors (Lipinski definition) is 1. The van der Waals surface area contributed by atoms with Crippen LogP contribution in [0.4, 0.5) is 0 Å². The van der Waals surface area contributed by atoms with E-state index in [0.29, 0.717) is 13.0 Å². The van der Waals surface area contributed by atoms with Crippen molar-refractivity contribution in [1.29, 1.82) is 5.26 Å². The van der Waals surface area contributed by atoms with E-state index in [1.54, 1.807) is 0 Å². The van der Waals surface area contributed by atoms with Gasteiger partial charge < -0.3 is 5.32 Å². The summed E-state index contributed by atoms with van der Waals surface area (Å²) in [4.78, 5) is 11.7. The minimum atomic E-state index is -0.646. The van der Waals surface area contributed by atoms with Crippen LogP contribution in [0.2, 0.25) is 0 Å². The van der Waals surface area contributed by atoms with Gasteiger partial charge in [0.1, 0.15) is 5.38 Å². The normalized spacial score (nSPS) is 11.5. The summed E-state index contributed by atoms with van der Waals surface area (Å²) in [6.07, 6.45) is 2.13. The standard InChI is InChI=1S/C13H15ClN2O/c14-12(11-7-3-1-4-8-11)13(17)16-10-6-2-5-9-15/h1,3-4,7-8,12H,2,5-6,10H2,(H,16,17). The average Bonchev–Trinajstić information content (AvgIpc) is 2.38. The van der Waals surface area contributed by atoms with Gasteiger partial charge >= 0.3 is 0 Å². The molecule has 1 atom stereocenters. The van der Waals surface area contributed by atoms with Crippen molar-refractivity contribution < 1.29 is 4.79 Å².